The Morgan fingerprint density at radius 1 is 1.17 bits per heavy atom. The van der Waals surface area contributed by atoms with Crippen LogP contribution >= 0.6 is 0 Å². The predicted octanol–water partition coefficient (Wildman–Crippen LogP) is 2.51. The van der Waals surface area contributed by atoms with Crippen LogP contribution < -0.4 is 13.9 Å². The van der Waals surface area contributed by atoms with Gasteiger partial charge in [-0.05, 0) is 31.5 Å². The molecule has 0 spiro atoms. The zero-order chi connectivity index (χ0) is 17.3. The topological polar surface area (TPSA) is 62.7 Å². The largest absolute Gasteiger partial charge is 0.481 e. The van der Waals surface area contributed by atoms with Crippen molar-refractivity contribution < 1.29 is 13.2 Å². The smallest absolute Gasteiger partial charge is 0.266 e. The Hall–Kier alpha value is -2.28. The standard InChI is InChI=1S/C17H21N3O3S/c1-13-10-11-19(2)15-6-4-5-7-16(15)20(13)24(21,22)14-8-9-17(23-3)18-12-14/h4-9,12-13H,10-11H2,1-3H3. The molecule has 0 saturated carbocycles. The minimum atomic E-state index is -3.71. The maximum Gasteiger partial charge on any atom is 0.266 e. The van der Waals surface area contributed by atoms with Crippen molar-refractivity contribution in [1.29, 1.82) is 0 Å². The molecule has 1 aliphatic heterocycles. The van der Waals surface area contributed by atoms with E-state index in [9.17, 15) is 8.42 Å². The van der Waals surface area contributed by atoms with Gasteiger partial charge in [0.05, 0.1) is 24.7 Å². The third-order valence-corrected chi connectivity index (χ3v) is 6.20. The first-order valence-corrected chi connectivity index (χ1v) is 9.24. The van der Waals surface area contributed by atoms with Crippen LogP contribution in [0.3, 0.4) is 0 Å². The molecule has 1 atom stereocenters. The molecule has 3 rings (SSSR count). The molecule has 0 radical (unpaired) electrons. The Balaban J connectivity index is 2.12. The summed E-state index contributed by atoms with van der Waals surface area (Å²) in [6, 6.07) is 10.5. The minimum Gasteiger partial charge on any atom is -0.481 e. The molecule has 0 amide bonds. The van der Waals surface area contributed by atoms with Crippen molar-refractivity contribution in [3.8, 4) is 5.88 Å². The van der Waals surface area contributed by atoms with Gasteiger partial charge in [-0.3, -0.25) is 4.31 Å². The summed E-state index contributed by atoms with van der Waals surface area (Å²) in [5.41, 5.74) is 1.60. The summed E-state index contributed by atoms with van der Waals surface area (Å²) >= 11 is 0. The van der Waals surface area contributed by atoms with E-state index in [1.807, 2.05) is 38.2 Å². The molecule has 1 aromatic carbocycles. The van der Waals surface area contributed by atoms with Crippen molar-refractivity contribution in [2.75, 3.05) is 29.9 Å². The normalized spacial score (nSPS) is 18.0. The van der Waals surface area contributed by atoms with Crippen LogP contribution in [0.2, 0.25) is 0 Å². The lowest BCUT2D eigenvalue weighted by Crippen LogP contribution is -2.38. The van der Waals surface area contributed by atoms with Crippen molar-refractivity contribution >= 4 is 21.4 Å². The second kappa shape index (κ2) is 6.32. The second-order valence-corrected chi connectivity index (χ2v) is 7.70. The average Bonchev–Trinajstić information content (AvgIpc) is 2.72. The number of nitrogens with zero attached hydrogens (tertiary/aromatic N) is 3. The molecule has 1 aliphatic rings. The monoisotopic (exact) mass is 347 g/mol. The highest BCUT2D eigenvalue weighted by molar-refractivity contribution is 7.92. The quantitative estimate of drug-likeness (QED) is 0.854. The van der Waals surface area contributed by atoms with Gasteiger partial charge in [0.25, 0.3) is 10.0 Å². The first-order chi connectivity index (χ1) is 11.4. The number of pyridine rings is 1. The van der Waals surface area contributed by atoms with Crippen molar-refractivity contribution in [3.05, 3.63) is 42.6 Å². The Labute approximate surface area is 142 Å². The van der Waals surface area contributed by atoms with Crippen LogP contribution in [0.15, 0.2) is 47.5 Å². The molecule has 0 aliphatic carbocycles. The van der Waals surface area contributed by atoms with E-state index in [4.69, 9.17) is 4.74 Å². The van der Waals surface area contributed by atoms with Crippen LogP contribution in [0.25, 0.3) is 0 Å². The number of sulfonamides is 1. The molecule has 24 heavy (non-hydrogen) atoms. The average molecular weight is 347 g/mol. The molecular formula is C17H21N3O3S. The van der Waals surface area contributed by atoms with Crippen molar-refractivity contribution in [3.63, 3.8) is 0 Å². The molecule has 0 bridgehead atoms. The molecule has 1 unspecified atom stereocenters. The number of benzene rings is 1. The number of fused-ring (bicyclic) bond motifs is 1. The van der Waals surface area contributed by atoms with Gasteiger partial charge in [0.1, 0.15) is 4.90 Å². The maximum atomic E-state index is 13.2. The van der Waals surface area contributed by atoms with E-state index in [0.717, 1.165) is 18.7 Å². The van der Waals surface area contributed by atoms with E-state index in [-0.39, 0.29) is 10.9 Å². The lowest BCUT2D eigenvalue weighted by atomic mass is 10.2. The van der Waals surface area contributed by atoms with Crippen LogP contribution in [0, 0.1) is 0 Å². The highest BCUT2D eigenvalue weighted by Gasteiger charge is 2.33. The first kappa shape index (κ1) is 16.6. The Morgan fingerprint density at radius 2 is 1.88 bits per heavy atom. The molecule has 0 fully saturated rings. The maximum absolute atomic E-state index is 13.2. The van der Waals surface area contributed by atoms with Gasteiger partial charge in [0, 0.05) is 25.7 Å². The number of hydrogen-bond donors (Lipinski definition) is 0. The summed E-state index contributed by atoms with van der Waals surface area (Å²) in [5, 5.41) is 0. The van der Waals surface area contributed by atoms with Gasteiger partial charge in [0.15, 0.2) is 0 Å². The zero-order valence-electron chi connectivity index (χ0n) is 14.0. The highest BCUT2D eigenvalue weighted by atomic mass is 32.2. The van der Waals surface area contributed by atoms with Gasteiger partial charge in [-0.25, -0.2) is 13.4 Å². The molecule has 0 saturated heterocycles. The third kappa shape index (κ3) is 2.80. The van der Waals surface area contributed by atoms with E-state index in [2.05, 4.69) is 9.88 Å². The second-order valence-electron chi connectivity index (χ2n) is 5.89. The lowest BCUT2D eigenvalue weighted by Gasteiger charge is -2.29. The van der Waals surface area contributed by atoms with Gasteiger partial charge in [-0.1, -0.05) is 12.1 Å². The molecule has 6 nitrogen and oxygen atoms in total. The van der Waals surface area contributed by atoms with Crippen LogP contribution in [0.1, 0.15) is 13.3 Å². The van der Waals surface area contributed by atoms with Gasteiger partial charge in [-0.15, -0.1) is 0 Å². The number of methoxy groups -OCH3 is 1. The number of rotatable bonds is 3. The van der Waals surface area contributed by atoms with E-state index in [0.29, 0.717) is 11.6 Å². The summed E-state index contributed by atoms with van der Waals surface area (Å²) in [4.78, 5) is 6.29. The van der Waals surface area contributed by atoms with Crippen LogP contribution in [0.4, 0.5) is 11.4 Å². The molecule has 2 aromatic rings. The number of anilines is 2. The lowest BCUT2D eigenvalue weighted by molar-refractivity contribution is 0.397. The Kier molecular flexibility index (Phi) is 4.36. The van der Waals surface area contributed by atoms with E-state index >= 15 is 0 Å². The van der Waals surface area contributed by atoms with Crippen molar-refractivity contribution in [2.45, 2.75) is 24.3 Å². The van der Waals surface area contributed by atoms with E-state index < -0.39 is 10.0 Å². The Bertz CT molecular complexity index is 821. The van der Waals surface area contributed by atoms with Gasteiger partial charge in [-0.2, -0.15) is 0 Å². The molecule has 7 heteroatoms. The zero-order valence-corrected chi connectivity index (χ0v) is 14.8. The van der Waals surface area contributed by atoms with Crippen LogP contribution in [-0.2, 0) is 10.0 Å². The fraction of sp³-hybridized carbons (Fsp3) is 0.353. The summed E-state index contributed by atoms with van der Waals surface area (Å²) in [7, 11) is -0.226. The fourth-order valence-electron chi connectivity index (χ4n) is 2.95. The summed E-state index contributed by atoms with van der Waals surface area (Å²) < 4.78 is 33.0. The summed E-state index contributed by atoms with van der Waals surface area (Å²) in [6.45, 7) is 2.73. The molecule has 0 N–H and O–H groups in total. The van der Waals surface area contributed by atoms with Crippen molar-refractivity contribution in [2.24, 2.45) is 0 Å². The summed E-state index contributed by atoms with van der Waals surface area (Å²) in [5.74, 6) is 0.387. The van der Waals surface area contributed by atoms with Crippen LogP contribution in [0.5, 0.6) is 5.88 Å². The summed E-state index contributed by atoms with van der Waals surface area (Å²) in [6.07, 6.45) is 2.09. The fourth-order valence-corrected chi connectivity index (χ4v) is 4.59. The van der Waals surface area contributed by atoms with Gasteiger partial charge in [0.2, 0.25) is 5.88 Å². The predicted molar refractivity (Wildman–Crippen MR) is 94.2 cm³/mol. The van der Waals surface area contributed by atoms with E-state index in [1.54, 1.807) is 6.07 Å². The third-order valence-electron chi connectivity index (χ3n) is 4.29. The molecule has 1 aromatic heterocycles. The number of aromatic nitrogens is 1. The molecular weight excluding hydrogens is 326 g/mol. The van der Waals surface area contributed by atoms with Crippen LogP contribution in [-0.4, -0.2) is 40.1 Å². The number of ether oxygens (including phenoxy) is 1. The first-order valence-electron chi connectivity index (χ1n) is 7.80. The van der Waals surface area contributed by atoms with E-state index in [1.165, 1.54) is 23.7 Å². The molecule has 2 heterocycles. The number of para-hydroxylation sites is 2. The van der Waals surface area contributed by atoms with Crippen molar-refractivity contribution in [1.82, 2.24) is 4.98 Å². The van der Waals surface area contributed by atoms with Gasteiger partial charge >= 0.3 is 0 Å². The SMILES string of the molecule is COc1ccc(S(=O)(=O)N2c3ccccc3N(C)CCC2C)cn1. The number of hydrogen-bond acceptors (Lipinski definition) is 5. The molecule has 128 valence electrons. The highest BCUT2D eigenvalue weighted by Crippen LogP contribution is 2.37. The van der Waals surface area contributed by atoms with Gasteiger partial charge < -0.3 is 9.64 Å². The Morgan fingerprint density at radius 3 is 2.50 bits per heavy atom. The minimum absolute atomic E-state index is 0.150.